The molecule has 0 aliphatic rings. The van der Waals surface area contributed by atoms with Crippen molar-refractivity contribution >= 4 is 32.7 Å². The van der Waals surface area contributed by atoms with E-state index in [-0.39, 0.29) is 0 Å². The van der Waals surface area contributed by atoms with E-state index in [1.165, 1.54) is 16.7 Å². The van der Waals surface area contributed by atoms with Crippen molar-refractivity contribution in [3.63, 3.8) is 0 Å². The molecule has 4 nitrogen and oxygen atoms in total. The summed E-state index contributed by atoms with van der Waals surface area (Å²) in [6, 6.07) is 73.9. The molecule has 0 fully saturated rings. The average Bonchev–Trinajstić information content (AvgIpc) is 3.71. The molecule has 0 radical (unpaired) electrons. The molecule has 0 saturated carbocycles. The van der Waals surface area contributed by atoms with Crippen LogP contribution in [-0.2, 0) is 0 Å². The van der Waals surface area contributed by atoms with Gasteiger partial charge in [-0.1, -0.05) is 200 Å². The highest BCUT2D eigenvalue weighted by Crippen LogP contribution is 2.42. The number of furan rings is 1. The topological polar surface area (TPSA) is 51.8 Å². The molecule has 2 aromatic heterocycles. The van der Waals surface area contributed by atoms with Gasteiger partial charge in [-0.25, -0.2) is 15.0 Å². The quantitative estimate of drug-likeness (QED) is 0.163. The Hall–Kier alpha value is -7.95. The molecule has 0 saturated heterocycles. The van der Waals surface area contributed by atoms with Gasteiger partial charge in [0, 0.05) is 27.3 Å². The summed E-state index contributed by atoms with van der Waals surface area (Å²) in [4.78, 5) is 15.7. The van der Waals surface area contributed by atoms with E-state index >= 15 is 0 Å². The molecular weight excluding hydrogens is 719 g/mol. The minimum atomic E-state index is 0.547. The summed E-state index contributed by atoms with van der Waals surface area (Å²) in [7, 11) is 0. The van der Waals surface area contributed by atoms with Gasteiger partial charge in [0.1, 0.15) is 11.2 Å². The van der Waals surface area contributed by atoms with Crippen molar-refractivity contribution < 1.29 is 4.42 Å². The summed E-state index contributed by atoms with van der Waals surface area (Å²) in [6.45, 7) is 0. The highest BCUT2D eigenvalue weighted by Gasteiger charge is 2.21. The maximum atomic E-state index is 6.93. The van der Waals surface area contributed by atoms with Gasteiger partial charge in [0.05, 0.1) is 5.56 Å². The van der Waals surface area contributed by atoms with E-state index in [1.54, 1.807) is 0 Å². The van der Waals surface area contributed by atoms with Gasteiger partial charge in [0.15, 0.2) is 17.5 Å². The minimum absolute atomic E-state index is 0.547. The smallest absolute Gasteiger partial charge is 0.167 e. The van der Waals surface area contributed by atoms with Crippen molar-refractivity contribution in [2.45, 2.75) is 0 Å². The molecule has 0 bridgehead atoms. The lowest BCUT2D eigenvalue weighted by Crippen LogP contribution is -2.01. The van der Waals surface area contributed by atoms with Crippen LogP contribution in [0.15, 0.2) is 217 Å². The van der Waals surface area contributed by atoms with E-state index < -0.39 is 0 Å². The van der Waals surface area contributed by atoms with E-state index in [0.29, 0.717) is 17.5 Å². The highest BCUT2D eigenvalue weighted by atomic mass is 16.3. The number of benzene rings is 9. The molecule has 4 heteroatoms. The van der Waals surface area contributed by atoms with E-state index in [9.17, 15) is 0 Å². The molecule has 276 valence electrons. The first kappa shape index (κ1) is 34.3. The first-order valence-corrected chi connectivity index (χ1v) is 19.9. The average molecular weight is 754 g/mol. The summed E-state index contributed by atoms with van der Waals surface area (Å²) < 4.78 is 6.93. The highest BCUT2D eigenvalue weighted by molar-refractivity contribution is 6.20. The molecule has 0 atom stereocenters. The van der Waals surface area contributed by atoms with Crippen LogP contribution in [0, 0.1) is 0 Å². The summed E-state index contributed by atoms with van der Waals surface area (Å²) in [5.41, 5.74) is 13.3. The van der Waals surface area contributed by atoms with Crippen molar-refractivity contribution in [2.75, 3.05) is 0 Å². The zero-order valence-corrected chi connectivity index (χ0v) is 32.0. The fraction of sp³-hybridized carbons (Fsp3) is 0. The van der Waals surface area contributed by atoms with Gasteiger partial charge in [-0.05, 0) is 62.0 Å². The normalized spacial score (nSPS) is 11.4. The zero-order valence-electron chi connectivity index (χ0n) is 32.0. The SMILES string of the molecule is c1ccc(-c2ccc(-c3ccc(-c4nc(-c5ccccc5-c5ccccc5)nc(-c5cccc6c5oc5c7ccccc7c(-c7ccccc7)cc65)n4)cc3)cc2)cc1. The van der Waals surface area contributed by atoms with Crippen molar-refractivity contribution in [1.29, 1.82) is 0 Å². The number of aromatic nitrogens is 3. The predicted molar refractivity (Wildman–Crippen MR) is 243 cm³/mol. The number of para-hydroxylation sites is 1. The second kappa shape index (κ2) is 14.5. The summed E-state index contributed by atoms with van der Waals surface area (Å²) in [6.07, 6.45) is 0. The standard InChI is InChI=1S/C55H35N3O/c1-4-15-36(16-5-1)37-27-29-38(30-28-37)39-31-33-42(34-32-39)53-56-54(47-24-13-10-21-43(47)40-17-6-2-7-18-40)58-55(57-53)48-26-14-25-46-50-35-49(41-19-8-3-9-20-41)44-22-11-12-23-45(44)52(50)59-51(46)48/h1-35H. The molecule has 9 aromatic carbocycles. The molecule has 2 heterocycles. The number of hydrogen-bond acceptors (Lipinski definition) is 4. The third kappa shape index (κ3) is 6.24. The first-order chi connectivity index (χ1) is 29.2. The van der Waals surface area contributed by atoms with E-state index in [0.717, 1.165) is 77.2 Å². The first-order valence-electron chi connectivity index (χ1n) is 19.9. The molecule has 59 heavy (non-hydrogen) atoms. The summed E-state index contributed by atoms with van der Waals surface area (Å²) >= 11 is 0. The van der Waals surface area contributed by atoms with E-state index in [1.807, 2.05) is 18.2 Å². The van der Waals surface area contributed by atoms with Gasteiger partial charge in [-0.2, -0.15) is 0 Å². The second-order valence-corrected chi connectivity index (χ2v) is 14.7. The Kier molecular flexibility index (Phi) is 8.45. The largest absolute Gasteiger partial charge is 0.455 e. The Bertz CT molecular complexity index is 3280. The number of rotatable bonds is 7. The molecule has 11 rings (SSSR count). The zero-order chi connectivity index (χ0) is 39.1. The third-order valence-electron chi connectivity index (χ3n) is 11.2. The van der Waals surface area contributed by atoms with Crippen LogP contribution in [-0.4, -0.2) is 15.0 Å². The molecule has 0 amide bonds. The molecular formula is C55H35N3O. The summed E-state index contributed by atoms with van der Waals surface area (Å²) in [5.74, 6) is 1.73. The second-order valence-electron chi connectivity index (χ2n) is 14.7. The van der Waals surface area contributed by atoms with Gasteiger partial charge in [0.25, 0.3) is 0 Å². The van der Waals surface area contributed by atoms with Gasteiger partial charge >= 0.3 is 0 Å². The van der Waals surface area contributed by atoms with Crippen LogP contribution in [0.4, 0.5) is 0 Å². The van der Waals surface area contributed by atoms with Crippen LogP contribution in [0.5, 0.6) is 0 Å². The molecule has 0 spiro atoms. The number of hydrogen-bond donors (Lipinski definition) is 0. The maximum Gasteiger partial charge on any atom is 0.167 e. The van der Waals surface area contributed by atoms with Crippen molar-refractivity contribution in [1.82, 2.24) is 15.0 Å². The molecule has 0 aliphatic heterocycles. The fourth-order valence-corrected chi connectivity index (χ4v) is 8.24. The third-order valence-corrected chi connectivity index (χ3v) is 11.2. The van der Waals surface area contributed by atoms with E-state index in [2.05, 4.69) is 194 Å². The Balaban J connectivity index is 1.08. The monoisotopic (exact) mass is 753 g/mol. The van der Waals surface area contributed by atoms with Crippen molar-refractivity contribution in [3.05, 3.63) is 212 Å². The van der Waals surface area contributed by atoms with Gasteiger partial charge in [0.2, 0.25) is 0 Å². The lowest BCUT2D eigenvalue weighted by Gasteiger charge is -2.12. The van der Waals surface area contributed by atoms with E-state index in [4.69, 9.17) is 19.4 Å². The van der Waals surface area contributed by atoms with Gasteiger partial charge in [-0.3, -0.25) is 0 Å². The van der Waals surface area contributed by atoms with Crippen molar-refractivity contribution in [2.24, 2.45) is 0 Å². The van der Waals surface area contributed by atoms with Gasteiger partial charge in [-0.15, -0.1) is 0 Å². The molecule has 0 unspecified atom stereocenters. The molecule has 11 aromatic rings. The van der Waals surface area contributed by atoms with Crippen LogP contribution in [0.25, 0.3) is 111 Å². The van der Waals surface area contributed by atoms with Crippen LogP contribution in [0.3, 0.4) is 0 Å². The van der Waals surface area contributed by atoms with Crippen molar-refractivity contribution in [3.8, 4) is 78.7 Å². The Morgan fingerprint density at radius 1 is 0.237 bits per heavy atom. The minimum Gasteiger partial charge on any atom is -0.455 e. The Labute approximate surface area is 341 Å². The lowest BCUT2D eigenvalue weighted by atomic mass is 9.95. The number of nitrogens with zero attached hydrogens (tertiary/aromatic N) is 3. The van der Waals surface area contributed by atoms with Crippen LogP contribution < -0.4 is 0 Å². The van der Waals surface area contributed by atoms with Crippen LogP contribution >= 0.6 is 0 Å². The Morgan fingerprint density at radius 2 is 0.644 bits per heavy atom. The van der Waals surface area contributed by atoms with Crippen LogP contribution in [0.2, 0.25) is 0 Å². The van der Waals surface area contributed by atoms with Gasteiger partial charge < -0.3 is 4.42 Å². The van der Waals surface area contributed by atoms with Crippen LogP contribution in [0.1, 0.15) is 0 Å². The molecule has 0 aliphatic carbocycles. The summed E-state index contributed by atoms with van der Waals surface area (Å²) in [5, 5.41) is 4.27. The fourth-order valence-electron chi connectivity index (χ4n) is 8.24. The maximum absolute atomic E-state index is 6.93. The Morgan fingerprint density at radius 3 is 1.27 bits per heavy atom. The molecule has 0 N–H and O–H groups in total. The predicted octanol–water partition coefficient (Wildman–Crippen LogP) is 14.6. The number of fused-ring (bicyclic) bond motifs is 5. The lowest BCUT2D eigenvalue weighted by molar-refractivity contribution is 0.673.